The number of likely N-dealkylation sites (tertiary alicyclic amines) is 2. The summed E-state index contributed by atoms with van der Waals surface area (Å²) in [4.78, 5) is 59.9. The predicted molar refractivity (Wildman–Crippen MR) is 192 cm³/mol. The van der Waals surface area contributed by atoms with Crippen molar-refractivity contribution >= 4 is 30.0 Å². The zero-order valence-corrected chi connectivity index (χ0v) is 32.2. The van der Waals surface area contributed by atoms with Gasteiger partial charge in [0.25, 0.3) is 0 Å². The number of ether oxygens (including phenoxy) is 4. The second-order valence-electron chi connectivity index (χ2n) is 17.0. The van der Waals surface area contributed by atoms with Gasteiger partial charge in [0, 0.05) is 32.3 Å². The van der Waals surface area contributed by atoms with Crippen LogP contribution < -0.4 is 10.6 Å². The molecule has 2 heterocycles. The zero-order valence-electron chi connectivity index (χ0n) is 32.2. The number of hydrogen-bond donors (Lipinski definition) is 2. The molecular weight excluding hydrogens is 642 g/mol. The Bertz CT molecular complexity index is 1160. The number of amides is 3. The first-order valence-corrected chi connectivity index (χ1v) is 18.7. The van der Waals surface area contributed by atoms with Crippen LogP contribution in [0.3, 0.4) is 0 Å². The van der Waals surface area contributed by atoms with Crippen LogP contribution in [0.25, 0.3) is 0 Å². The summed E-state index contributed by atoms with van der Waals surface area (Å²) in [5.41, 5.74) is -2.06. The van der Waals surface area contributed by atoms with E-state index in [2.05, 4.69) is 15.6 Å². The van der Waals surface area contributed by atoms with Crippen molar-refractivity contribution in [2.45, 2.75) is 168 Å². The molecule has 0 aromatic carbocycles. The molecule has 3 rings (SSSR count). The van der Waals surface area contributed by atoms with Gasteiger partial charge in [0.15, 0.2) is 0 Å². The summed E-state index contributed by atoms with van der Waals surface area (Å²) in [5.74, 6) is 0.235. The van der Waals surface area contributed by atoms with Gasteiger partial charge in [0.2, 0.25) is 11.9 Å². The third-order valence-electron chi connectivity index (χ3n) is 8.88. The van der Waals surface area contributed by atoms with Crippen molar-refractivity contribution in [1.29, 1.82) is 0 Å². The van der Waals surface area contributed by atoms with Crippen LogP contribution in [-0.4, -0.2) is 108 Å². The average Bonchev–Trinajstić information content (AvgIpc) is 3.50. The second-order valence-corrected chi connectivity index (χ2v) is 17.0. The fourth-order valence-corrected chi connectivity index (χ4v) is 6.66. The Hall–Kier alpha value is -2.93. The molecule has 13 nitrogen and oxygen atoms in total. The topological polar surface area (TPSA) is 148 Å². The molecule has 50 heavy (non-hydrogen) atoms. The number of nitrogens with one attached hydrogen (secondary N) is 2. The smallest absolute Gasteiger partial charge is 0.437 e. The van der Waals surface area contributed by atoms with Crippen molar-refractivity contribution in [1.82, 2.24) is 20.4 Å². The fraction of sp³-hybridized carbons (Fsp3) is 0.865. The molecule has 0 aromatic rings. The number of carbonyl (C=O) groups excluding carboxylic acids is 4. The number of alkyl carbamates (subject to hydrolysis) is 1. The summed E-state index contributed by atoms with van der Waals surface area (Å²) in [7, 11) is 0. The molecule has 0 bridgehead atoms. The minimum Gasteiger partial charge on any atom is -0.460 e. The molecule has 3 amide bonds. The number of nitrogens with zero attached hydrogens (tertiary/aromatic N) is 3. The van der Waals surface area contributed by atoms with E-state index in [9.17, 15) is 19.2 Å². The molecule has 0 aromatic heterocycles. The van der Waals surface area contributed by atoms with Gasteiger partial charge in [-0.05, 0) is 126 Å². The lowest BCUT2D eigenvalue weighted by Gasteiger charge is -2.39. The summed E-state index contributed by atoms with van der Waals surface area (Å²) in [6.45, 7) is 19.0. The third-order valence-corrected chi connectivity index (χ3v) is 8.88. The van der Waals surface area contributed by atoms with Gasteiger partial charge < -0.3 is 34.1 Å². The van der Waals surface area contributed by atoms with Crippen LogP contribution in [0.2, 0.25) is 0 Å². The second kappa shape index (κ2) is 18.5. The van der Waals surface area contributed by atoms with Crippen LogP contribution in [0.5, 0.6) is 0 Å². The van der Waals surface area contributed by atoms with Gasteiger partial charge in [-0.15, -0.1) is 4.99 Å². The van der Waals surface area contributed by atoms with E-state index >= 15 is 0 Å². The average molecular weight is 708 g/mol. The van der Waals surface area contributed by atoms with E-state index in [1.54, 1.807) is 41.5 Å². The number of esters is 1. The molecular formula is C37H65N5O8. The van der Waals surface area contributed by atoms with Gasteiger partial charge in [-0.1, -0.05) is 12.8 Å². The Balaban J connectivity index is 1.57. The van der Waals surface area contributed by atoms with Crippen LogP contribution in [0, 0.1) is 5.92 Å². The van der Waals surface area contributed by atoms with Crippen molar-refractivity contribution in [2.24, 2.45) is 10.9 Å². The monoisotopic (exact) mass is 707 g/mol. The minimum atomic E-state index is -0.796. The third kappa shape index (κ3) is 15.5. The summed E-state index contributed by atoms with van der Waals surface area (Å²) >= 11 is 0. The van der Waals surface area contributed by atoms with Crippen molar-refractivity contribution in [3.63, 3.8) is 0 Å². The highest BCUT2D eigenvalue weighted by atomic mass is 16.6. The predicted octanol–water partition coefficient (Wildman–Crippen LogP) is 5.93. The first kappa shape index (κ1) is 41.5. The van der Waals surface area contributed by atoms with Crippen molar-refractivity contribution < 1.29 is 38.1 Å². The number of piperidine rings is 2. The molecule has 2 aliphatic heterocycles. The van der Waals surface area contributed by atoms with E-state index in [1.165, 1.54) is 12.8 Å². The van der Waals surface area contributed by atoms with Crippen molar-refractivity contribution in [2.75, 3.05) is 32.8 Å². The maximum atomic E-state index is 14.0. The van der Waals surface area contributed by atoms with Crippen LogP contribution in [0.15, 0.2) is 4.99 Å². The maximum Gasteiger partial charge on any atom is 0.437 e. The lowest BCUT2D eigenvalue weighted by atomic mass is 9.97. The van der Waals surface area contributed by atoms with Gasteiger partial charge >= 0.3 is 18.2 Å². The molecule has 1 saturated carbocycles. The van der Waals surface area contributed by atoms with Crippen molar-refractivity contribution in [3.05, 3.63) is 0 Å². The Morgan fingerprint density at radius 1 is 0.760 bits per heavy atom. The highest BCUT2D eigenvalue weighted by Gasteiger charge is 2.35. The van der Waals surface area contributed by atoms with Crippen LogP contribution in [0.1, 0.15) is 133 Å². The van der Waals surface area contributed by atoms with Gasteiger partial charge in [-0.3, -0.25) is 14.9 Å². The molecule has 3 fully saturated rings. The summed E-state index contributed by atoms with van der Waals surface area (Å²) in [6, 6.07) is -0.571. The first-order chi connectivity index (χ1) is 23.3. The molecule has 13 heteroatoms. The standard InChI is InChI=1S/C37H65N5O8/c1-35(2,3)48-30(43)24-29(38-25-26-14-10-11-15-26)31(44)42-20-13-12-16-27(42)19-23-47-28-17-21-41(22-18-28)32(39-33(45)49-36(4,5)6)40-34(46)50-37(7,8)9/h26-29,38H,10-25H2,1-9H3,(H,39,40,45,46)/t27-,29-/m0/s1. The van der Waals surface area contributed by atoms with Gasteiger partial charge in [0.05, 0.1) is 18.6 Å². The molecule has 0 radical (unpaired) electrons. The van der Waals surface area contributed by atoms with Gasteiger partial charge in [0.1, 0.15) is 16.8 Å². The van der Waals surface area contributed by atoms with E-state index in [-0.39, 0.29) is 36.4 Å². The summed E-state index contributed by atoms with van der Waals surface area (Å²) in [5, 5.41) is 6.10. The van der Waals surface area contributed by atoms with E-state index in [0.29, 0.717) is 51.4 Å². The number of carbonyl (C=O) groups is 4. The lowest BCUT2D eigenvalue weighted by molar-refractivity contribution is -0.158. The SMILES string of the molecule is CC(C)(C)OC(=O)C[C@H](NCC1CCCC1)C(=O)N1CCCC[C@H]1CCOC1CCN(C(=NC(=O)OC(C)(C)C)NC(=O)OC(C)(C)C)CC1. The van der Waals surface area contributed by atoms with E-state index in [1.807, 2.05) is 30.6 Å². The zero-order chi connectivity index (χ0) is 37.1. The number of aliphatic imine (C=N–C) groups is 1. The van der Waals surface area contributed by atoms with E-state index < -0.39 is 35.0 Å². The van der Waals surface area contributed by atoms with Gasteiger partial charge in [-0.25, -0.2) is 9.59 Å². The highest BCUT2D eigenvalue weighted by Crippen LogP contribution is 2.26. The Kier molecular flexibility index (Phi) is 15.4. The Morgan fingerprint density at radius 2 is 1.36 bits per heavy atom. The van der Waals surface area contributed by atoms with Crippen LogP contribution >= 0.6 is 0 Å². The highest BCUT2D eigenvalue weighted by molar-refractivity contribution is 5.99. The Labute approximate surface area is 299 Å². The minimum absolute atomic E-state index is 0.0170. The lowest BCUT2D eigenvalue weighted by Crippen LogP contribution is -2.54. The quantitative estimate of drug-likeness (QED) is 0.121. The molecule has 1 aliphatic carbocycles. The molecule has 286 valence electrons. The molecule has 0 spiro atoms. The van der Waals surface area contributed by atoms with Gasteiger partial charge in [-0.2, -0.15) is 0 Å². The molecule has 2 saturated heterocycles. The molecule has 2 atom stereocenters. The van der Waals surface area contributed by atoms with E-state index in [4.69, 9.17) is 18.9 Å². The number of hydrogen-bond acceptors (Lipinski definition) is 9. The van der Waals surface area contributed by atoms with Crippen LogP contribution in [-0.2, 0) is 28.5 Å². The largest absolute Gasteiger partial charge is 0.460 e. The molecule has 3 aliphatic rings. The number of rotatable bonds is 10. The van der Waals surface area contributed by atoms with Crippen molar-refractivity contribution in [3.8, 4) is 0 Å². The fourth-order valence-electron chi connectivity index (χ4n) is 6.66. The molecule has 2 N–H and O–H groups in total. The summed E-state index contributed by atoms with van der Waals surface area (Å²) < 4.78 is 22.7. The Morgan fingerprint density at radius 3 is 1.96 bits per heavy atom. The summed E-state index contributed by atoms with van der Waals surface area (Å²) in [6.07, 6.45) is 8.16. The van der Waals surface area contributed by atoms with E-state index in [0.717, 1.165) is 38.6 Å². The maximum absolute atomic E-state index is 14.0. The normalized spacial score (nSPS) is 20.7. The van der Waals surface area contributed by atoms with Crippen LogP contribution in [0.4, 0.5) is 9.59 Å². The number of guanidine groups is 1. The first-order valence-electron chi connectivity index (χ1n) is 18.7. The molecule has 0 unspecified atom stereocenters.